The molecule has 0 N–H and O–H groups in total. The first-order chi connectivity index (χ1) is 7.68. The lowest BCUT2D eigenvalue weighted by Crippen LogP contribution is -2.00. The number of thioether (sulfide) groups is 1. The maximum atomic E-state index is 2.26. The molecule has 1 unspecified atom stereocenters. The molecular formula is C15H18S. The highest BCUT2D eigenvalue weighted by molar-refractivity contribution is 8.02. The van der Waals surface area contributed by atoms with Crippen LogP contribution in [0.2, 0.25) is 0 Å². The van der Waals surface area contributed by atoms with Crippen molar-refractivity contribution in [3.8, 4) is 0 Å². The van der Waals surface area contributed by atoms with Gasteiger partial charge in [-0.3, -0.25) is 0 Å². The quantitative estimate of drug-likeness (QED) is 0.630. The first kappa shape index (κ1) is 11.5. The third-order valence-electron chi connectivity index (χ3n) is 3.18. The number of hydrogen-bond acceptors (Lipinski definition) is 1. The number of allylic oxidation sites excluding steroid dienone is 2. The molecule has 1 aliphatic rings. The molecule has 0 spiro atoms. The smallest absolute Gasteiger partial charge is 0.0381 e. The van der Waals surface area contributed by atoms with E-state index >= 15 is 0 Å². The second-order valence-electron chi connectivity index (χ2n) is 4.54. The SMILES string of the molecule is CC(C)=C(C)CC1SC=Cc2ccccc21. The van der Waals surface area contributed by atoms with Gasteiger partial charge in [0.1, 0.15) is 0 Å². The summed E-state index contributed by atoms with van der Waals surface area (Å²) in [4.78, 5) is 0. The minimum absolute atomic E-state index is 0.594. The molecule has 1 atom stereocenters. The molecule has 1 aromatic carbocycles. The summed E-state index contributed by atoms with van der Waals surface area (Å²) < 4.78 is 0. The Balaban J connectivity index is 2.26. The van der Waals surface area contributed by atoms with E-state index in [0.717, 1.165) is 6.42 Å². The average molecular weight is 230 g/mol. The zero-order valence-corrected chi connectivity index (χ0v) is 11.0. The highest BCUT2D eigenvalue weighted by Gasteiger charge is 2.17. The highest BCUT2D eigenvalue weighted by Crippen LogP contribution is 2.41. The molecule has 1 heterocycles. The summed E-state index contributed by atoms with van der Waals surface area (Å²) in [6, 6.07) is 8.72. The summed E-state index contributed by atoms with van der Waals surface area (Å²) >= 11 is 1.94. The fourth-order valence-corrected chi connectivity index (χ4v) is 3.00. The standard InChI is InChI=1S/C15H18S/c1-11(2)12(3)10-15-14-7-5-4-6-13(14)8-9-16-15/h4-9,15H,10H2,1-3H3. The molecule has 0 saturated carbocycles. The molecule has 1 aliphatic heterocycles. The summed E-state index contributed by atoms with van der Waals surface area (Å²) in [6.45, 7) is 6.64. The van der Waals surface area contributed by atoms with Crippen LogP contribution < -0.4 is 0 Å². The van der Waals surface area contributed by atoms with Crippen LogP contribution >= 0.6 is 11.8 Å². The number of rotatable bonds is 2. The molecule has 0 nitrogen and oxygen atoms in total. The molecule has 0 aliphatic carbocycles. The molecule has 0 fully saturated rings. The molecular weight excluding hydrogens is 212 g/mol. The predicted molar refractivity (Wildman–Crippen MR) is 74.5 cm³/mol. The molecule has 16 heavy (non-hydrogen) atoms. The average Bonchev–Trinajstić information content (AvgIpc) is 2.29. The normalized spacial score (nSPS) is 18.1. The van der Waals surface area contributed by atoms with E-state index in [1.165, 1.54) is 22.3 Å². The van der Waals surface area contributed by atoms with Crippen molar-refractivity contribution < 1.29 is 0 Å². The lowest BCUT2D eigenvalue weighted by molar-refractivity contribution is 0.898. The van der Waals surface area contributed by atoms with E-state index in [1.807, 2.05) is 11.8 Å². The number of benzene rings is 1. The maximum absolute atomic E-state index is 2.26. The second-order valence-corrected chi connectivity index (χ2v) is 5.65. The van der Waals surface area contributed by atoms with Gasteiger partial charge in [-0.2, -0.15) is 0 Å². The van der Waals surface area contributed by atoms with Gasteiger partial charge in [0.15, 0.2) is 0 Å². The minimum Gasteiger partial charge on any atom is -0.126 e. The Morgan fingerprint density at radius 2 is 1.94 bits per heavy atom. The van der Waals surface area contributed by atoms with E-state index in [1.54, 1.807) is 0 Å². The Morgan fingerprint density at radius 3 is 2.69 bits per heavy atom. The third-order valence-corrected chi connectivity index (χ3v) is 4.22. The van der Waals surface area contributed by atoms with Crippen LogP contribution in [0.25, 0.3) is 6.08 Å². The largest absolute Gasteiger partial charge is 0.126 e. The predicted octanol–water partition coefficient (Wildman–Crippen LogP) is 5.19. The van der Waals surface area contributed by atoms with E-state index in [9.17, 15) is 0 Å². The van der Waals surface area contributed by atoms with E-state index in [4.69, 9.17) is 0 Å². The van der Waals surface area contributed by atoms with Crippen LogP contribution in [-0.2, 0) is 0 Å². The molecule has 0 radical (unpaired) electrons. The number of hydrogen-bond donors (Lipinski definition) is 0. The van der Waals surface area contributed by atoms with E-state index in [-0.39, 0.29) is 0 Å². The van der Waals surface area contributed by atoms with Crippen molar-refractivity contribution in [1.82, 2.24) is 0 Å². The van der Waals surface area contributed by atoms with Gasteiger partial charge in [-0.05, 0) is 49.8 Å². The Kier molecular flexibility index (Phi) is 3.55. The third kappa shape index (κ3) is 2.41. The van der Waals surface area contributed by atoms with Gasteiger partial charge in [0.2, 0.25) is 0 Å². The fraction of sp³-hybridized carbons (Fsp3) is 0.333. The van der Waals surface area contributed by atoms with Gasteiger partial charge >= 0.3 is 0 Å². The zero-order valence-electron chi connectivity index (χ0n) is 10.2. The van der Waals surface area contributed by atoms with Crippen LogP contribution in [0.1, 0.15) is 43.6 Å². The van der Waals surface area contributed by atoms with Crippen LogP contribution in [0.5, 0.6) is 0 Å². The van der Waals surface area contributed by atoms with Gasteiger partial charge in [0.05, 0.1) is 0 Å². The second kappa shape index (κ2) is 4.92. The topological polar surface area (TPSA) is 0 Å². The van der Waals surface area contributed by atoms with Crippen LogP contribution in [-0.4, -0.2) is 0 Å². The van der Waals surface area contributed by atoms with Crippen molar-refractivity contribution in [2.75, 3.05) is 0 Å². The first-order valence-electron chi connectivity index (χ1n) is 5.72. The molecule has 0 bridgehead atoms. The molecule has 0 aromatic heterocycles. The minimum atomic E-state index is 0.594. The Bertz CT molecular complexity index is 437. The first-order valence-corrected chi connectivity index (χ1v) is 6.66. The van der Waals surface area contributed by atoms with Gasteiger partial charge in [-0.25, -0.2) is 0 Å². The van der Waals surface area contributed by atoms with Gasteiger partial charge in [0, 0.05) is 5.25 Å². The zero-order chi connectivity index (χ0) is 11.5. The van der Waals surface area contributed by atoms with Crippen LogP contribution in [0.15, 0.2) is 40.8 Å². The van der Waals surface area contributed by atoms with Crippen molar-refractivity contribution in [2.45, 2.75) is 32.4 Å². The summed E-state index contributed by atoms with van der Waals surface area (Å²) in [7, 11) is 0. The van der Waals surface area contributed by atoms with E-state index in [0.29, 0.717) is 5.25 Å². The molecule has 1 heteroatoms. The maximum Gasteiger partial charge on any atom is 0.0381 e. The summed E-state index contributed by atoms with van der Waals surface area (Å²) in [5.41, 5.74) is 5.83. The van der Waals surface area contributed by atoms with Crippen LogP contribution in [0.3, 0.4) is 0 Å². The van der Waals surface area contributed by atoms with Crippen molar-refractivity contribution in [1.29, 1.82) is 0 Å². The van der Waals surface area contributed by atoms with Gasteiger partial charge in [-0.1, -0.05) is 35.4 Å². The molecule has 2 rings (SSSR count). The lowest BCUT2D eigenvalue weighted by atomic mass is 9.98. The van der Waals surface area contributed by atoms with Gasteiger partial charge in [0.25, 0.3) is 0 Å². The van der Waals surface area contributed by atoms with Gasteiger partial charge < -0.3 is 0 Å². The number of fused-ring (bicyclic) bond motifs is 1. The van der Waals surface area contributed by atoms with E-state index in [2.05, 4.69) is 56.5 Å². The van der Waals surface area contributed by atoms with Crippen molar-refractivity contribution >= 4 is 17.8 Å². The summed E-state index contributed by atoms with van der Waals surface area (Å²) in [6.07, 6.45) is 3.38. The molecule has 0 amide bonds. The van der Waals surface area contributed by atoms with Gasteiger partial charge in [-0.15, -0.1) is 11.8 Å². The highest BCUT2D eigenvalue weighted by atomic mass is 32.2. The lowest BCUT2D eigenvalue weighted by Gasteiger charge is -2.21. The Labute approximate surface area is 102 Å². The summed E-state index contributed by atoms with van der Waals surface area (Å²) in [5, 5.41) is 2.82. The van der Waals surface area contributed by atoms with Crippen molar-refractivity contribution in [3.63, 3.8) is 0 Å². The van der Waals surface area contributed by atoms with Crippen molar-refractivity contribution in [3.05, 3.63) is 51.9 Å². The molecule has 1 aromatic rings. The Morgan fingerprint density at radius 1 is 1.19 bits per heavy atom. The monoisotopic (exact) mass is 230 g/mol. The summed E-state index contributed by atoms with van der Waals surface area (Å²) in [5.74, 6) is 0. The fourth-order valence-electron chi connectivity index (χ4n) is 1.88. The molecule has 0 saturated heterocycles. The molecule has 84 valence electrons. The van der Waals surface area contributed by atoms with Crippen LogP contribution in [0.4, 0.5) is 0 Å². The van der Waals surface area contributed by atoms with Crippen LogP contribution in [0, 0.1) is 0 Å². The Hall–Kier alpha value is -0.950. The van der Waals surface area contributed by atoms with Crippen molar-refractivity contribution in [2.24, 2.45) is 0 Å². The van der Waals surface area contributed by atoms with E-state index < -0.39 is 0 Å².